The van der Waals surface area contributed by atoms with Gasteiger partial charge in [0.25, 0.3) is 0 Å². The highest BCUT2D eigenvalue weighted by atomic mass is 127. The summed E-state index contributed by atoms with van der Waals surface area (Å²) < 4.78 is 5.22. The van der Waals surface area contributed by atoms with Crippen molar-refractivity contribution in [2.24, 2.45) is 0 Å². The molecule has 0 radical (unpaired) electrons. The fraction of sp³-hybridized carbons (Fsp3) is 0.400. The Bertz CT molecular complexity index is 273. The van der Waals surface area contributed by atoms with E-state index in [9.17, 15) is 5.11 Å². The maximum atomic E-state index is 9.39. The Kier molecular flexibility index (Phi) is 3.99. The van der Waals surface area contributed by atoms with Gasteiger partial charge in [0.2, 0.25) is 0 Å². The van der Waals surface area contributed by atoms with Gasteiger partial charge in [-0.3, -0.25) is 0 Å². The van der Waals surface area contributed by atoms with Crippen LogP contribution in [0.4, 0.5) is 0 Å². The molecule has 0 unspecified atom stereocenters. The number of halogens is 1. The summed E-state index contributed by atoms with van der Waals surface area (Å²) >= 11 is 2.22. The van der Waals surface area contributed by atoms with E-state index in [2.05, 4.69) is 22.6 Å². The van der Waals surface area contributed by atoms with E-state index < -0.39 is 0 Å². The zero-order valence-electron chi connectivity index (χ0n) is 7.70. The number of hydrogen-bond acceptors (Lipinski definition) is 2. The average Bonchev–Trinajstić information content (AvgIpc) is 2.16. The second kappa shape index (κ2) is 4.81. The smallest absolute Gasteiger partial charge is 0.119 e. The third kappa shape index (κ3) is 2.84. The monoisotopic (exact) mass is 292 g/mol. The molecule has 1 rings (SSSR count). The molecule has 0 aliphatic rings. The SMILES string of the molecule is COc1cccc([C@H](I)[C@@H](C)O)c1. The lowest BCUT2D eigenvalue weighted by atomic mass is 10.1. The summed E-state index contributed by atoms with van der Waals surface area (Å²) in [6.07, 6.45) is -0.340. The quantitative estimate of drug-likeness (QED) is 0.685. The van der Waals surface area contributed by atoms with Crippen molar-refractivity contribution in [1.82, 2.24) is 0 Å². The molecule has 72 valence electrons. The molecular weight excluding hydrogens is 279 g/mol. The zero-order chi connectivity index (χ0) is 9.84. The van der Waals surface area contributed by atoms with E-state index in [1.165, 1.54) is 0 Å². The minimum Gasteiger partial charge on any atom is -0.497 e. The number of alkyl halides is 1. The van der Waals surface area contributed by atoms with Crippen LogP contribution in [0.5, 0.6) is 5.75 Å². The Labute approximate surface area is 92.1 Å². The van der Waals surface area contributed by atoms with E-state index in [-0.39, 0.29) is 10.0 Å². The van der Waals surface area contributed by atoms with Crippen LogP contribution >= 0.6 is 22.6 Å². The van der Waals surface area contributed by atoms with Crippen molar-refractivity contribution in [1.29, 1.82) is 0 Å². The van der Waals surface area contributed by atoms with E-state index in [1.54, 1.807) is 14.0 Å². The number of rotatable bonds is 3. The Morgan fingerprint density at radius 1 is 1.46 bits per heavy atom. The van der Waals surface area contributed by atoms with E-state index in [0.717, 1.165) is 11.3 Å². The third-order valence-corrected chi connectivity index (χ3v) is 3.60. The summed E-state index contributed by atoms with van der Waals surface area (Å²) in [5.41, 5.74) is 1.09. The summed E-state index contributed by atoms with van der Waals surface area (Å²) in [5, 5.41) is 9.39. The molecule has 2 nitrogen and oxygen atoms in total. The predicted molar refractivity (Wildman–Crippen MR) is 61.4 cm³/mol. The van der Waals surface area contributed by atoms with Gasteiger partial charge in [-0.2, -0.15) is 0 Å². The van der Waals surface area contributed by atoms with Crippen molar-refractivity contribution >= 4 is 22.6 Å². The highest BCUT2D eigenvalue weighted by molar-refractivity contribution is 14.1. The summed E-state index contributed by atoms with van der Waals surface area (Å²) in [7, 11) is 1.64. The van der Waals surface area contributed by atoms with Crippen molar-refractivity contribution in [2.45, 2.75) is 17.0 Å². The summed E-state index contributed by atoms with van der Waals surface area (Å²) in [6, 6.07) is 7.77. The maximum absolute atomic E-state index is 9.39. The van der Waals surface area contributed by atoms with Gasteiger partial charge in [-0.05, 0) is 24.6 Å². The predicted octanol–water partition coefficient (Wildman–Crippen LogP) is 2.55. The van der Waals surface area contributed by atoms with Crippen LogP contribution in [0.25, 0.3) is 0 Å². The molecule has 0 amide bonds. The van der Waals surface area contributed by atoms with E-state index in [1.807, 2.05) is 24.3 Å². The fourth-order valence-electron chi connectivity index (χ4n) is 1.09. The molecule has 0 aliphatic heterocycles. The largest absolute Gasteiger partial charge is 0.497 e. The van der Waals surface area contributed by atoms with Crippen LogP contribution in [0.3, 0.4) is 0 Å². The molecule has 0 saturated heterocycles. The van der Waals surface area contributed by atoms with Crippen molar-refractivity contribution in [3.05, 3.63) is 29.8 Å². The molecule has 13 heavy (non-hydrogen) atoms. The molecule has 2 atom stereocenters. The second-order valence-corrected chi connectivity index (χ2v) is 4.26. The minimum absolute atomic E-state index is 0.118. The number of aliphatic hydroxyl groups is 1. The fourth-order valence-corrected chi connectivity index (χ4v) is 1.48. The lowest BCUT2D eigenvalue weighted by Gasteiger charge is -2.13. The highest BCUT2D eigenvalue weighted by Crippen LogP contribution is 2.29. The Morgan fingerprint density at radius 3 is 2.69 bits per heavy atom. The van der Waals surface area contributed by atoms with Crippen molar-refractivity contribution < 1.29 is 9.84 Å². The molecule has 1 N–H and O–H groups in total. The van der Waals surface area contributed by atoms with Crippen LogP contribution in [0, 0.1) is 0 Å². The first kappa shape index (κ1) is 10.8. The van der Waals surface area contributed by atoms with Crippen LogP contribution in [-0.4, -0.2) is 18.3 Å². The molecule has 0 aliphatic carbocycles. The molecule has 0 aromatic heterocycles. The first-order valence-electron chi connectivity index (χ1n) is 4.11. The number of aliphatic hydroxyl groups excluding tert-OH is 1. The number of benzene rings is 1. The third-order valence-electron chi connectivity index (χ3n) is 1.84. The number of hydrogen-bond donors (Lipinski definition) is 1. The van der Waals surface area contributed by atoms with Gasteiger partial charge in [-0.15, -0.1) is 0 Å². The molecule has 0 fully saturated rings. The maximum Gasteiger partial charge on any atom is 0.119 e. The number of ether oxygens (including phenoxy) is 1. The Balaban J connectivity index is 2.88. The van der Waals surface area contributed by atoms with Gasteiger partial charge in [0.15, 0.2) is 0 Å². The van der Waals surface area contributed by atoms with Gasteiger partial charge in [0.1, 0.15) is 5.75 Å². The van der Waals surface area contributed by atoms with Crippen LogP contribution in [0.15, 0.2) is 24.3 Å². The molecule has 0 heterocycles. The molecule has 3 heteroatoms. The van der Waals surface area contributed by atoms with Crippen molar-refractivity contribution in [3.63, 3.8) is 0 Å². The zero-order valence-corrected chi connectivity index (χ0v) is 9.86. The molecular formula is C10H13IO2. The average molecular weight is 292 g/mol. The normalized spacial score (nSPS) is 15.1. The van der Waals surface area contributed by atoms with Crippen LogP contribution in [0.1, 0.15) is 16.4 Å². The summed E-state index contributed by atoms with van der Waals surface area (Å²) in [5.74, 6) is 0.833. The van der Waals surface area contributed by atoms with Crippen molar-refractivity contribution in [3.8, 4) is 5.75 Å². The highest BCUT2D eigenvalue weighted by Gasteiger charge is 2.13. The van der Waals surface area contributed by atoms with Gasteiger partial charge in [-0.1, -0.05) is 34.7 Å². The minimum atomic E-state index is -0.340. The second-order valence-electron chi connectivity index (χ2n) is 2.92. The van der Waals surface area contributed by atoms with Crippen molar-refractivity contribution in [2.75, 3.05) is 7.11 Å². The lowest BCUT2D eigenvalue weighted by molar-refractivity contribution is 0.197. The first-order chi connectivity index (χ1) is 6.15. The van der Waals surface area contributed by atoms with E-state index in [4.69, 9.17) is 4.74 Å². The van der Waals surface area contributed by atoms with Gasteiger partial charge in [-0.25, -0.2) is 0 Å². The van der Waals surface area contributed by atoms with E-state index >= 15 is 0 Å². The summed E-state index contributed by atoms with van der Waals surface area (Å²) in [4.78, 5) is 0. The summed E-state index contributed by atoms with van der Waals surface area (Å²) in [6.45, 7) is 1.79. The standard InChI is InChI=1S/C10H13IO2/c1-7(12)10(11)8-4-3-5-9(6-8)13-2/h3-7,10,12H,1-2H3/t7-,10-/m1/s1. The number of methoxy groups -OCH3 is 1. The van der Waals surface area contributed by atoms with Crippen LogP contribution in [0.2, 0.25) is 0 Å². The van der Waals surface area contributed by atoms with Gasteiger partial charge >= 0.3 is 0 Å². The molecule has 1 aromatic rings. The topological polar surface area (TPSA) is 29.5 Å². The van der Waals surface area contributed by atoms with Crippen LogP contribution < -0.4 is 4.74 Å². The molecule has 1 aromatic carbocycles. The first-order valence-corrected chi connectivity index (χ1v) is 5.36. The van der Waals surface area contributed by atoms with Gasteiger partial charge < -0.3 is 9.84 Å². The van der Waals surface area contributed by atoms with E-state index in [0.29, 0.717) is 0 Å². The molecule has 0 saturated carbocycles. The lowest BCUT2D eigenvalue weighted by Crippen LogP contribution is -2.07. The van der Waals surface area contributed by atoms with Gasteiger partial charge in [0.05, 0.1) is 17.1 Å². The van der Waals surface area contributed by atoms with Crippen LogP contribution in [-0.2, 0) is 0 Å². The van der Waals surface area contributed by atoms with Gasteiger partial charge in [0, 0.05) is 0 Å². The molecule has 0 bridgehead atoms. The molecule has 0 spiro atoms. The Morgan fingerprint density at radius 2 is 2.15 bits per heavy atom. The Hall–Kier alpha value is -0.290.